The van der Waals surface area contributed by atoms with Gasteiger partial charge in [-0.05, 0) is 24.6 Å². The number of aromatic amines is 1. The van der Waals surface area contributed by atoms with E-state index >= 15 is 0 Å². The summed E-state index contributed by atoms with van der Waals surface area (Å²) in [5.74, 6) is 0. The highest BCUT2D eigenvalue weighted by molar-refractivity contribution is 6.28. The first-order valence-electron chi connectivity index (χ1n) is 3.97. The molecule has 0 saturated carbocycles. The molecule has 2 heterocycles. The molecule has 0 radical (unpaired) electrons. The SMILES string of the molecule is CCn1c(Cl)nc2cc[nH]c2c1=O. The van der Waals surface area contributed by atoms with Gasteiger partial charge in [-0.2, -0.15) is 0 Å². The van der Waals surface area contributed by atoms with Crippen LogP contribution in [0.3, 0.4) is 0 Å². The number of rotatable bonds is 1. The van der Waals surface area contributed by atoms with Crippen LogP contribution in [0, 0.1) is 0 Å². The number of H-pyrrole nitrogens is 1. The Kier molecular flexibility index (Phi) is 1.84. The molecule has 0 fully saturated rings. The Morgan fingerprint density at radius 1 is 1.69 bits per heavy atom. The Hall–Kier alpha value is -1.29. The topological polar surface area (TPSA) is 50.7 Å². The zero-order chi connectivity index (χ0) is 9.42. The van der Waals surface area contributed by atoms with Crippen LogP contribution in [0.15, 0.2) is 17.1 Å². The van der Waals surface area contributed by atoms with Gasteiger partial charge in [0.05, 0.1) is 5.52 Å². The van der Waals surface area contributed by atoms with Crippen LogP contribution in [-0.4, -0.2) is 14.5 Å². The number of nitrogens with zero attached hydrogens (tertiary/aromatic N) is 2. The second-order valence-corrected chi connectivity index (χ2v) is 3.01. The minimum absolute atomic E-state index is 0.123. The van der Waals surface area contributed by atoms with Gasteiger partial charge in [-0.1, -0.05) is 0 Å². The van der Waals surface area contributed by atoms with E-state index in [0.29, 0.717) is 17.6 Å². The fourth-order valence-electron chi connectivity index (χ4n) is 1.28. The molecule has 0 aromatic carbocycles. The number of hydrogen-bond donors (Lipinski definition) is 1. The van der Waals surface area contributed by atoms with Gasteiger partial charge in [-0.15, -0.1) is 0 Å². The summed E-state index contributed by atoms with van der Waals surface area (Å²) in [4.78, 5) is 18.5. The highest BCUT2D eigenvalue weighted by Crippen LogP contribution is 2.09. The van der Waals surface area contributed by atoms with Crippen molar-refractivity contribution in [2.45, 2.75) is 13.5 Å². The Morgan fingerprint density at radius 2 is 2.46 bits per heavy atom. The van der Waals surface area contributed by atoms with E-state index in [-0.39, 0.29) is 10.8 Å². The van der Waals surface area contributed by atoms with Crippen LogP contribution in [0.25, 0.3) is 11.0 Å². The second-order valence-electron chi connectivity index (χ2n) is 2.67. The zero-order valence-corrected chi connectivity index (χ0v) is 7.80. The molecule has 68 valence electrons. The van der Waals surface area contributed by atoms with E-state index < -0.39 is 0 Å². The van der Waals surface area contributed by atoms with Crippen molar-refractivity contribution in [1.29, 1.82) is 0 Å². The van der Waals surface area contributed by atoms with Crippen molar-refractivity contribution in [2.24, 2.45) is 0 Å². The minimum Gasteiger partial charge on any atom is -0.355 e. The summed E-state index contributed by atoms with van der Waals surface area (Å²) in [6.07, 6.45) is 1.68. The first kappa shape index (κ1) is 8.31. The second kappa shape index (κ2) is 2.88. The summed E-state index contributed by atoms with van der Waals surface area (Å²) in [5.41, 5.74) is 0.994. The summed E-state index contributed by atoms with van der Waals surface area (Å²) in [6, 6.07) is 1.72. The maximum Gasteiger partial charge on any atom is 0.278 e. The highest BCUT2D eigenvalue weighted by Gasteiger charge is 2.07. The summed E-state index contributed by atoms with van der Waals surface area (Å²) < 4.78 is 1.42. The van der Waals surface area contributed by atoms with Gasteiger partial charge < -0.3 is 4.98 Å². The monoisotopic (exact) mass is 197 g/mol. The molecule has 5 heteroatoms. The van der Waals surface area contributed by atoms with Crippen molar-refractivity contribution in [3.63, 3.8) is 0 Å². The van der Waals surface area contributed by atoms with Gasteiger partial charge in [-0.25, -0.2) is 4.98 Å². The first-order valence-corrected chi connectivity index (χ1v) is 4.35. The molecule has 0 aliphatic carbocycles. The number of fused-ring (bicyclic) bond motifs is 1. The summed E-state index contributed by atoms with van der Waals surface area (Å²) in [6.45, 7) is 2.38. The Balaban J connectivity index is 2.93. The molecule has 0 aliphatic heterocycles. The lowest BCUT2D eigenvalue weighted by atomic mass is 10.4. The largest absolute Gasteiger partial charge is 0.355 e. The average molecular weight is 198 g/mol. The molecular formula is C8H8ClN3O. The van der Waals surface area contributed by atoms with E-state index in [1.54, 1.807) is 12.3 Å². The van der Waals surface area contributed by atoms with Gasteiger partial charge in [0.2, 0.25) is 5.28 Å². The number of hydrogen-bond acceptors (Lipinski definition) is 2. The van der Waals surface area contributed by atoms with E-state index in [1.807, 2.05) is 6.92 Å². The predicted octanol–water partition coefficient (Wildman–Crippen LogP) is 1.40. The van der Waals surface area contributed by atoms with E-state index in [9.17, 15) is 4.79 Å². The Bertz CT molecular complexity index is 500. The molecular weight excluding hydrogens is 190 g/mol. The van der Waals surface area contributed by atoms with Crippen molar-refractivity contribution in [2.75, 3.05) is 0 Å². The van der Waals surface area contributed by atoms with Crippen LogP contribution >= 0.6 is 11.6 Å². The van der Waals surface area contributed by atoms with Gasteiger partial charge in [0.1, 0.15) is 5.52 Å². The van der Waals surface area contributed by atoms with E-state index in [4.69, 9.17) is 11.6 Å². The molecule has 1 N–H and O–H groups in total. The molecule has 0 bridgehead atoms. The van der Waals surface area contributed by atoms with Crippen LogP contribution in [0.5, 0.6) is 0 Å². The smallest absolute Gasteiger partial charge is 0.278 e. The van der Waals surface area contributed by atoms with Gasteiger partial charge in [0, 0.05) is 12.7 Å². The summed E-state index contributed by atoms with van der Waals surface area (Å²) in [5, 5.41) is 0.236. The molecule has 2 aromatic rings. The molecule has 2 aromatic heterocycles. The quantitative estimate of drug-likeness (QED) is 0.703. The predicted molar refractivity (Wildman–Crippen MR) is 51.0 cm³/mol. The number of halogens is 1. The maximum absolute atomic E-state index is 11.6. The Labute approximate surface area is 79.2 Å². The molecule has 0 saturated heterocycles. The lowest BCUT2D eigenvalue weighted by Gasteiger charge is -2.02. The molecule has 4 nitrogen and oxygen atoms in total. The fourth-order valence-corrected chi connectivity index (χ4v) is 1.57. The molecule has 0 atom stereocenters. The minimum atomic E-state index is -0.123. The summed E-state index contributed by atoms with van der Waals surface area (Å²) in [7, 11) is 0. The van der Waals surface area contributed by atoms with Crippen molar-refractivity contribution < 1.29 is 0 Å². The Morgan fingerprint density at radius 3 is 3.15 bits per heavy atom. The van der Waals surface area contributed by atoms with Crippen molar-refractivity contribution in [3.05, 3.63) is 27.9 Å². The first-order chi connectivity index (χ1) is 6.24. The van der Waals surface area contributed by atoms with E-state index in [2.05, 4.69) is 9.97 Å². The van der Waals surface area contributed by atoms with Crippen LogP contribution in [0.1, 0.15) is 6.92 Å². The van der Waals surface area contributed by atoms with Crippen LogP contribution < -0.4 is 5.56 Å². The zero-order valence-electron chi connectivity index (χ0n) is 7.04. The third kappa shape index (κ3) is 1.14. The van der Waals surface area contributed by atoms with Crippen molar-refractivity contribution in [3.8, 4) is 0 Å². The van der Waals surface area contributed by atoms with Gasteiger partial charge in [0.15, 0.2) is 0 Å². The molecule has 0 aliphatic rings. The van der Waals surface area contributed by atoms with Crippen molar-refractivity contribution in [1.82, 2.24) is 14.5 Å². The lowest BCUT2D eigenvalue weighted by Crippen LogP contribution is -2.21. The number of aromatic nitrogens is 3. The molecule has 2 rings (SSSR count). The normalized spacial score (nSPS) is 10.9. The summed E-state index contributed by atoms with van der Waals surface area (Å²) >= 11 is 5.80. The lowest BCUT2D eigenvalue weighted by molar-refractivity contribution is 0.717. The van der Waals surface area contributed by atoms with E-state index in [0.717, 1.165) is 0 Å². The average Bonchev–Trinajstić information content (AvgIpc) is 2.53. The van der Waals surface area contributed by atoms with Crippen molar-refractivity contribution >= 4 is 22.6 Å². The standard InChI is InChI=1S/C8H8ClN3O/c1-2-12-7(13)6-5(3-4-10-6)11-8(12)9/h3-4,10H,2H2,1H3. The molecule has 13 heavy (non-hydrogen) atoms. The van der Waals surface area contributed by atoms with Gasteiger partial charge >= 0.3 is 0 Å². The third-order valence-electron chi connectivity index (χ3n) is 1.94. The van der Waals surface area contributed by atoms with Gasteiger partial charge in [-0.3, -0.25) is 9.36 Å². The molecule has 0 unspecified atom stereocenters. The fraction of sp³-hybridized carbons (Fsp3) is 0.250. The molecule has 0 spiro atoms. The number of nitrogens with one attached hydrogen (secondary N) is 1. The van der Waals surface area contributed by atoms with Crippen LogP contribution in [0.2, 0.25) is 5.28 Å². The van der Waals surface area contributed by atoms with E-state index in [1.165, 1.54) is 4.57 Å². The third-order valence-corrected chi connectivity index (χ3v) is 2.22. The highest BCUT2D eigenvalue weighted by atomic mass is 35.5. The van der Waals surface area contributed by atoms with Crippen LogP contribution in [0.4, 0.5) is 0 Å². The van der Waals surface area contributed by atoms with Crippen LogP contribution in [-0.2, 0) is 6.54 Å². The maximum atomic E-state index is 11.6. The molecule has 0 amide bonds. The van der Waals surface area contributed by atoms with Gasteiger partial charge in [0.25, 0.3) is 5.56 Å².